The predicted octanol–water partition coefficient (Wildman–Crippen LogP) is 0.876. The maximum absolute atomic E-state index is 14.6. The first-order chi connectivity index (χ1) is 11.0. The molecule has 0 aromatic heterocycles. The molecular formula is C16H25F2N3O2. The molecule has 1 heterocycles. The van der Waals surface area contributed by atoms with Gasteiger partial charge in [0.2, 0.25) is 5.91 Å². The van der Waals surface area contributed by atoms with Crippen LogP contribution in [0.1, 0.15) is 19.3 Å². The average Bonchev–Trinajstić information content (AvgIpc) is 2.74. The Balaban J connectivity index is 2.50. The van der Waals surface area contributed by atoms with E-state index in [0.29, 0.717) is 37.2 Å². The Hall–Kier alpha value is -1.31. The van der Waals surface area contributed by atoms with Gasteiger partial charge in [0, 0.05) is 24.2 Å². The minimum absolute atomic E-state index is 0.0185. The molecule has 0 aromatic rings. The van der Waals surface area contributed by atoms with Crippen LogP contribution in [0.3, 0.4) is 0 Å². The minimum atomic E-state index is -1.44. The number of hydrogen-bond acceptors (Lipinski definition) is 4. The maximum Gasteiger partial charge on any atom is 0.237 e. The SMILES string of the molecule is CNCCC1(CCNC)C(=O)N(CCO)C2=C1C(F)=CC(F)C2. The van der Waals surface area contributed by atoms with Gasteiger partial charge in [-0.15, -0.1) is 0 Å². The molecule has 23 heavy (non-hydrogen) atoms. The first kappa shape index (κ1) is 18.0. The van der Waals surface area contributed by atoms with Crippen molar-refractivity contribution >= 4 is 5.91 Å². The van der Waals surface area contributed by atoms with Gasteiger partial charge in [-0.05, 0) is 46.1 Å². The first-order valence-corrected chi connectivity index (χ1v) is 7.99. The van der Waals surface area contributed by atoms with Crippen molar-refractivity contribution < 1.29 is 18.7 Å². The second-order valence-corrected chi connectivity index (χ2v) is 6.03. The first-order valence-electron chi connectivity index (χ1n) is 7.99. The van der Waals surface area contributed by atoms with Crippen molar-refractivity contribution in [1.29, 1.82) is 0 Å². The number of nitrogens with zero attached hydrogens (tertiary/aromatic N) is 1. The molecule has 0 bridgehead atoms. The number of carbonyl (C=O) groups excluding carboxylic acids is 1. The standard InChI is InChI=1S/C16H25F2N3O2/c1-19-5-3-16(4-6-20-2)14-12(18)9-11(17)10-13(14)21(7-8-22)15(16)23/h9,11,19-20,22H,3-8,10H2,1-2H3. The van der Waals surface area contributed by atoms with Crippen LogP contribution in [0.2, 0.25) is 0 Å². The summed E-state index contributed by atoms with van der Waals surface area (Å²) in [5.74, 6) is -0.876. The number of aliphatic hydroxyl groups is 1. The zero-order valence-electron chi connectivity index (χ0n) is 13.7. The molecule has 2 aliphatic rings. The molecule has 130 valence electrons. The molecule has 3 N–H and O–H groups in total. The summed E-state index contributed by atoms with van der Waals surface area (Å²) in [5.41, 5.74) is -0.295. The molecular weight excluding hydrogens is 304 g/mol. The summed E-state index contributed by atoms with van der Waals surface area (Å²) in [6.45, 7) is 0.925. The van der Waals surface area contributed by atoms with Gasteiger partial charge in [0.05, 0.1) is 12.0 Å². The lowest BCUT2D eigenvalue weighted by Crippen LogP contribution is -2.41. The highest BCUT2D eigenvalue weighted by atomic mass is 19.1. The van der Waals surface area contributed by atoms with Crippen molar-refractivity contribution in [2.45, 2.75) is 25.4 Å². The normalized spacial score (nSPS) is 23.3. The Morgan fingerprint density at radius 3 is 2.48 bits per heavy atom. The van der Waals surface area contributed by atoms with Crippen LogP contribution >= 0.6 is 0 Å². The second-order valence-electron chi connectivity index (χ2n) is 6.03. The van der Waals surface area contributed by atoms with Crippen molar-refractivity contribution in [2.75, 3.05) is 40.3 Å². The van der Waals surface area contributed by atoms with Crippen molar-refractivity contribution in [3.63, 3.8) is 0 Å². The Labute approximate surface area is 135 Å². The molecule has 0 saturated carbocycles. The van der Waals surface area contributed by atoms with Crippen LogP contribution in [0.5, 0.6) is 0 Å². The van der Waals surface area contributed by atoms with Crippen molar-refractivity contribution in [3.8, 4) is 0 Å². The average molecular weight is 329 g/mol. The fraction of sp³-hybridized carbons (Fsp3) is 0.688. The highest BCUT2D eigenvalue weighted by molar-refractivity contribution is 5.93. The summed E-state index contributed by atoms with van der Waals surface area (Å²) < 4.78 is 28.4. The highest BCUT2D eigenvalue weighted by Gasteiger charge is 2.54. The predicted molar refractivity (Wildman–Crippen MR) is 84.0 cm³/mol. The summed E-state index contributed by atoms with van der Waals surface area (Å²) in [6.07, 6.45) is 0.371. The number of halogens is 2. The van der Waals surface area contributed by atoms with E-state index in [4.69, 9.17) is 0 Å². The van der Waals surface area contributed by atoms with Gasteiger partial charge in [0.25, 0.3) is 0 Å². The molecule has 7 heteroatoms. The summed E-state index contributed by atoms with van der Waals surface area (Å²) in [5, 5.41) is 15.3. The summed E-state index contributed by atoms with van der Waals surface area (Å²) in [7, 11) is 3.55. The van der Waals surface area contributed by atoms with Crippen molar-refractivity contribution in [2.24, 2.45) is 5.41 Å². The third kappa shape index (κ3) is 3.18. The minimum Gasteiger partial charge on any atom is -0.395 e. The second kappa shape index (κ2) is 7.51. The molecule has 0 spiro atoms. The van der Waals surface area contributed by atoms with E-state index in [9.17, 15) is 18.7 Å². The molecule has 1 aliphatic heterocycles. The molecule has 2 rings (SSSR count). The number of amides is 1. The quantitative estimate of drug-likeness (QED) is 0.618. The fourth-order valence-electron chi connectivity index (χ4n) is 3.57. The Morgan fingerprint density at radius 2 is 1.96 bits per heavy atom. The van der Waals surface area contributed by atoms with Gasteiger partial charge in [-0.25, -0.2) is 8.78 Å². The summed E-state index contributed by atoms with van der Waals surface area (Å²) in [4.78, 5) is 14.4. The number of hydrogen-bond donors (Lipinski definition) is 3. The van der Waals surface area contributed by atoms with E-state index in [2.05, 4.69) is 10.6 Å². The number of nitrogens with one attached hydrogen (secondary N) is 2. The van der Waals surface area contributed by atoms with E-state index >= 15 is 0 Å². The van der Waals surface area contributed by atoms with Gasteiger partial charge in [-0.2, -0.15) is 0 Å². The van der Waals surface area contributed by atoms with E-state index in [1.807, 2.05) is 0 Å². The van der Waals surface area contributed by atoms with Crippen LogP contribution in [0, 0.1) is 5.41 Å². The van der Waals surface area contributed by atoms with E-state index in [1.165, 1.54) is 4.90 Å². The molecule has 0 radical (unpaired) electrons. The molecule has 0 aromatic carbocycles. The third-order valence-corrected chi connectivity index (χ3v) is 4.63. The Bertz CT molecular complexity index is 511. The third-order valence-electron chi connectivity index (χ3n) is 4.63. The lowest BCUT2D eigenvalue weighted by atomic mass is 9.73. The van der Waals surface area contributed by atoms with Gasteiger partial charge in [-0.3, -0.25) is 4.79 Å². The molecule has 5 nitrogen and oxygen atoms in total. The van der Waals surface area contributed by atoms with E-state index in [-0.39, 0.29) is 25.5 Å². The topological polar surface area (TPSA) is 64.6 Å². The van der Waals surface area contributed by atoms with Gasteiger partial charge in [0.15, 0.2) is 0 Å². The zero-order valence-corrected chi connectivity index (χ0v) is 13.7. The number of allylic oxidation sites excluding steroid dienone is 3. The number of rotatable bonds is 8. The van der Waals surface area contributed by atoms with E-state index in [0.717, 1.165) is 6.08 Å². The van der Waals surface area contributed by atoms with Crippen LogP contribution in [-0.4, -0.2) is 62.4 Å². The highest BCUT2D eigenvalue weighted by Crippen LogP contribution is 2.51. The Kier molecular flexibility index (Phi) is 5.89. The van der Waals surface area contributed by atoms with Crippen LogP contribution in [0.4, 0.5) is 8.78 Å². The number of carbonyl (C=O) groups is 1. The molecule has 1 unspecified atom stereocenters. The fourth-order valence-corrected chi connectivity index (χ4v) is 3.57. The largest absolute Gasteiger partial charge is 0.395 e. The maximum atomic E-state index is 14.6. The van der Waals surface area contributed by atoms with Crippen LogP contribution in [0.15, 0.2) is 23.2 Å². The number of aliphatic hydroxyl groups excluding tert-OH is 1. The van der Waals surface area contributed by atoms with Crippen LogP contribution in [-0.2, 0) is 4.79 Å². The number of β-amino-alcohol motifs (C(OH)–C–C–N with tert-alkyl or cyclic N) is 1. The molecule has 0 fully saturated rings. The van der Waals surface area contributed by atoms with E-state index < -0.39 is 17.4 Å². The van der Waals surface area contributed by atoms with Crippen LogP contribution in [0.25, 0.3) is 0 Å². The monoisotopic (exact) mass is 329 g/mol. The zero-order chi connectivity index (χ0) is 17.0. The smallest absolute Gasteiger partial charge is 0.237 e. The van der Waals surface area contributed by atoms with Gasteiger partial charge < -0.3 is 20.6 Å². The van der Waals surface area contributed by atoms with Gasteiger partial charge in [-0.1, -0.05) is 0 Å². The number of alkyl halides is 1. The summed E-state index contributed by atoms with van der Waals surface area (Å²) in [6, 6.07) is 0. The van der Waals surface area contributed by atoms with Crippen molar-refractivity contribution in [3.05, 3.63) is 23.2 Å². The lowest BCUT2D eigenvalue weighted by Gasteiger charge is -2.31. The van der Waals surface area contributed by atoms with Crippen LogP contribution < -0.4 is 10.6 Å². The van der Waals surface area contributed by atoms with Crippen molar-refractivity contribution in [1.82, 2.24) is 15.5 Å². The molecule has 1 atom stereocenters. The molecule has 1 amide bonds. The Morgan fingerprint density at radius 1 is 1.35 bits per heavy atom. The lowest BCUT2D eigenvalue weighted by molar-refractivity contribution is -0.136. The van der Waals surface area contributed by atoms with Gasteiger partial charge in [0.1, 0.15) is 12.0 Å². The van der Waals surface area contributed by atoms with E-state index in [1.54, 1.807) is 14.1 Å². The van der Waals surface area contributed by atoms with Gasteiger partial charge >= 0.3 is 0 Å². The molecule has 1 aliphatic carbocycles. The summed E-state index contributed by atoms with van der Waals surface area (Å²) >= 11 is 0. The molecule has 0 saturated heterocycles.